The summed E-state index contributed by atoms with van der Waals surface area (Å²) < 4.78 is 0. The van der Waals surface area contributed by atoms with Crippen LogP contribution < -0.4 is 10.6 Å². The number of nitrogen functional groups attached to an aromatic ring is 1. The molecule has 3 N–H and O–H groups in total. The molecule has 1 saturated heterocycles. The molecule has 1 fully saturated rings. The molecule has 1 aliphatic heterocycles. The van der Waals surface area contributed by atoms with Crippen LogP contribution in [-0.2, 0) is 0 Å². The molecule has 18 heavy (non-hydrogen) atoms. The van der Waals surface area contributed by atoms with E-state index in [1.54, 1.807) is 12.4 Å². The lowest BCUT2D eigenvalue weighted by molar-refractivity contribution is 0.139. The van der Waals surface area contributed by atoms with E-state index in [9.17, 15) is 0 Å². The van der Waals surface area contributed by atoms with Gasteiger partial charge < -0.3 is 10.6 Å². The van der Waals surface area contributed by atoms with Crippen LogP contribution in [0.4, 0.5) is 5.69 Å². The highest BCUT2D eigenvalue weighted by molar-refractivity contribution is 6.00. The number of amidine groups is 1. The van der Waals surface area contributed by atoms with E-state index in [1.165, 1.54) is 0 Å². The maximum absolute atomic E-state index is 7.65. The van der Waals surface area contributed by atoms with E-state index in [1.807, 2.05) is 6.07 Å². The molecule has 0 aromatic carbocycles. The van der Waals surface area contributed by atoms with Crippen LogP contribution in [0.3, 0.4) is 0 Å². The fourth-order valence-corrected chi connectivity index (χ4v) is 2.31. The second-order valence-electron chi connectivity index (χ2n) is 5.46. The Hall–Kier alpha value is -1.62. The maximum atomic E-state index is 7.65. The van der Waals surface area contributed by atoms with Crippen LogP contribution in [0.1, 0.15) is 19.4 Å². The Morgan fingerprint density at radius 1 is 1.44 bits per heavy atom. The summed E-state index contributed by atoms with van der Waals surface area (Å²) in [5.41, 5.74) is 7.48. The molecular formula is C13H21N5. The third kappa shape index (κ3) is 2.31. The van der Waals surface area contributed by atoms with Crippen LogP contribution in [0.25, 0.3) is 0 Å². The van der Waals surface area contributed by atoms with Crippen LogP contribution >= 0.6 is 0 Å². The highest BCUT2D eigenvalue weighted by atomic mass is 15.3. The largest absolute Gasteiger partial charge is 0.384 e. The minimum atomic E-state index is 0.101. The molecule has 5 heteroatoms. The van der Waals surface area contributed by atoms with Gasteiger partial charge in [-0.15, -0.1) is 0 Å². The molecule has 2 heterocycles. The van der Waals surface area contributed by atoms with Gasteiger partial charge in [-0.2, -0.15) is 0 Å². The molecule has 1 aromatic heterocycles. The van der Waals surface area contributed by atoms with Crippen molar-refractivity contribution in [3.8, 4) is 0 Å². The standard InChI is InChI=1S/C13H21N5/c1-13(2)9-18(7-6-17(13)3)11-8-16-5-4-10(11)12(14)15/h4-5,8H,6-7,9H2,1-3H3,(H3,14,15). The minimum Gasteiger partial charge on any atom is -0.384 e. The fraction of sp³-hybridized carbons (Fsp3) is 0.538. The summed E-state index contributed by atoms with van der Waals surface area (Å²) in [7, 11) is 2.15. The number of anilines is 1. The van der Waals surface area contributed by atoms with Crippen LogP contribution in [0, 0.1) is 5.41 Å². The van der Waals surface area contributed by atoms with Crippen LogP contribution in [0.5, 0.6) is 0 Å². The zero-order valence-electron chi connectivity index (χ0n) is 11.3. The van der Waals surface area contributed by atoms with Gasteiger partial charge in [0, 0.05) is 36.9 Å². The molecule has 0 spiro atoms. The summed E-state index contributed by atoms with van der Waals surface area (Å²) in [6.45, 7) is 7.30. The Labute approximate surface area is 108 Å². The third-order valence-corrected chi connectivity index (χ3v) is 3.75. The average Bonchev–Trinajstić information content (AvgIpc) is 2.32. The lowest BCUT2D eigenvalue weighted by Crippen LogP contribution is -2.58. The Bertz CT molecular complexity index is 454. The van der Waals surface area contributed by atoms with Gasteiger partial charge in [0.15, 0.2) is 0 Å². The zero-order valence-corrected chi connectivity index (χ0v) is 11.3. The van der Waals surface area contributed by atoms with E-state index in [-0.39, 0.29) is 11.4 Å². The van der Waals surface area contributed by atoms with Crippen molar-refractivity contribution < 1.29 is 0 Å². The molecule has 5 nitrogen and oxygen atoms in total. The van der Waals surface area contributed by atoms with Crippen molar-refractivity contribution in [2.45, 2.75) is 19.4 Å². The highest BCUT2D eigenvalue weighted by Crippen LogP contribution is 2.26. The van der Waals surface area contributed by atoms with Gasteiger partial charge in [0.25, 0.3) is 0 Å². The van der Waals surface area contributed by atoms with Gasteiger partial charge >= 0.3 is 0 Å². The predicted octanol–water partition coefficient (Wildman–Crippen LogP) is 0.896. The minimum absolute atomic E-state index is 0.101. The molecule has 0 saturated carbocycles. The van der Waals surface area contributed by atoms with Crippen molar-refractivity contribution in [1.82, 2.24) is 9.88 Å². The summed E-state index contributed by atoms with van der Waals surface area (Å²) in [6, 6.07) is 1.81. The SMILES string of the molecule is CN1CCN(c2cnccc2C(=N)N)CC1(C)C. The number of likely N-dealkylation sites (N-methyl/N-ethyl adjacent to an activating group) is 1. The number of pyridine rings is 1. The Balaban J connectivity index is 2.30. The molecule has 2 rings (SSSR count). The molecule has 0 atom stereocenters. The average molecular weight is 247 g/mol. The van der Waals surface area contributed by atoms with Crippen molar-refractivity contribution in [1.29, 1.82) is 5.41 Å². The second kappa shape index (κ2) is 4.57. The zero-order chi connectivity index (χ0) is 13.3. The van der Waals surface area contributed by atoms with Gasteiger partial charge in [-0.1, -0.05) is 0 Å². The first-order chi connectivity index (χ1) is 8.42. The van der Waals surface area contributed by atoms with Crippen molar-refractivity contribution in [2.75, 3.05) is 31.6 Å². The predicted molar refractivity (Wildman–Crippen MR) is 74.2 cm³/mol. The van der Waals surface area contributed by atoms with E-state index in [0.29, 0.717) is 0 Å². The first-order valence-corrected chi connectivity index (χ1v) is 6.16. The van der Waals surface area contributed by atoms with Gasteiger partial charge in [0.2, 0.25) is 0 Å². The van der Waals surface area contributed by atoms with Crippen molar-refractivity contribution in [3.63, 3.8) is 0 Å². The Kier molecular flexibility index (Phi) is 3.26. The highest BCUT2D eigenvalue weighted by Gasteiger charge is 2.32. The normalized spacial score (nSPS) is 19.8. The van der Waals surface area contributed by atoms with Gasteiger partial charge in [-0.3, -0.25) is 15.3 Å². The van der Waals surface area contributed by atoms with Crippen molar-refractivity contribution in [3.05, 3.63) is 24.0 Å². The smallest absolute Gasteiger partial charge is 0.125 e. The maximum Gasteiger partial charge on any atom is 0.125 e. The number of nitrogens with two attached hydrogens (primary N) is 1. The third-order valence-electron chi connectivity index (χ3n) is 3.75. The summed E-state index contributed by atoms with van der Waals surface area (Å²) in [4.78, 5) is 8.78. The number of piperazine rings is 1. The number of rotatable bonds is 2. The number of nitrogens with zero attached hydrogens (tertiary/aromatic N) is 3. The van der Waals surface area contributed by atoms with Crippen LogP contribution in [-0.4, -0.2) is 47.9 Å². The van der Waals surface area contributed by atoms with Crippen molar-refractivity contribution in [2.24, 2.45) is 5.73 Å². The van der Waals surface area contributed by atoms with Crippen molar-refractivity contribution >= 4 is 11.5 Å². The van der Waals surface area contributed by atoms with Crippen LogP contribution in [0.2, 0.25) is 0 Å². The summed E-state index contributed by atoms with van der Waals surface area (Å²) in [5.74, 6) is 0.101. The van der Waals surface area contributed by atoms with Gasteiger partial charge in [-0.05, 0) is 27.0 Å². The van der Waals surface area contributed by atoms with Gasteiger partial charge in [0.1, 0.15) is 5.84 Å². The summed E-state index contributed by atoms with van der Waals surface area (Å²) >= 11 is 0. The van der Waals surface area contributed by atoms with E-state index in [4.69, 9.17) is 11.1 Å². The number of nitrogens with one attached hydrogen (secondary N) is 1. The molecule has 0 amide bonds. The van der Waals surface area contributed by atoms with Crippen LogP contribution in [0.15, 0.2) is 18.5 Å². The number of hydrogen-bond acceptors (Lipinski definition) is 4. The first kappa shape index (κ1) is 12.8. The second-order valence-corrected chi connectivity index (χ2v) is 5.46. The molecule has 1 aromatic rings. The lowest BCUT2D eigenvalue weighted by atomic mass is 9.99. The van der Waals surface area contributed by atoms with Gasteiger partial charge in [-0.25, -0.2) is 0 Å². The summed E-state index contributed by atoms with van der Waals surface area (Å²) in [5, 5.41) is 7.65. The Morgan fingerprint density at radius 2 is 2.17 bits per heavy atom. The fourth-order valence-electron chi connectivity index (χ4n) is 2.31. The molecule has 1 aliphatic rings. The van der Waals surface area contributed by atoms with E-state index in [2.05, 4.69) is 35.7 Å². The van der Waals surface area contributed by atoms with E-state index >= 15 is 0 Å². The molecular weight excluding hydrogens is 226 g/mol. The number of aromatic nitrogens is 1. The molecule has 98 valence electrons. The quantitative estimate of drug-likeness (QED) is 0.601. The molecule has 0 bridgehead atoms. The first-order valence-electron chi connectivity index (χ1n) is 6.16. The molecule has 0 aliphatic carbocycles. The molecule has 0 radical (unpaired) electrons. The van der Waals surface area contributed by atoms with E-state index in [0.717, 1.165) is 30.9 Å². The summed E-state index contributed by atoms with van der Waals surface area (Å²) in [6.07, 6.45) is 3.49. The lowest BCUT2D eigenvalue weighted by Gasteiger charge is -2.46. The monoisotopic (exact) mass is 247 g/mol. The van der Waals surface area contributed by atoms with Gasteiger partial charge in [0.05, 0.1) is 11.9 Å². The van der Waals surface area contributed by atoms with E-state index < -0.39 is 0 Å². The Morgan fingerprint density at radius 3 is 2.78 bits per heavy atom. The number of hydrogen-bond donors (Lipinski definition) is 2. The molecule has 0 unspecified atom stereocenters. The topological polar surface area (TPSA) is 69.2 Å².